The van der Waals surface area contributed by atoms with Crippen molar-refractivity contribution in [2.45, 2.75) is 19.1 Å². The number of allylic oxidation sites excluding steroid dienone is 1. The Morgan fingerprint density at radius 3 is 2.52 bits per heavy atom. The molecule has 1 saturated heterocycles. The van der Waals surface area contributed by atoms with Gasteiger partial charge in [-0.3, -0.25) is 9.59 Å². The van der Waals surface area contributed by atoms with Crippen molar-refractivity contribution in [2.75, 3.05) is 26.3 Å². The molecule has 0 unspecified atom stereocenters. The first-order chi connectivity index (χ1) is 13.9. The van der Waals surface area contributed by atoms with E-state index in [0.29, 0.717) is 36.9 Å². The molecule has 150 valence electrons. The predicted molar refractivity (Wildman–Crippen MR) is 108 cm³/mol. The molecule has 0 bridgehead atoms. The van der Waals surface area contributed by atoms with E-state index >= 15 is 0 Å². The topological polar surface area (TPSA) is 106 Å². The van der Waals surface area contributed by atoms with E-state index in [1.54, 1.807) is 18.7 Å². The highest BCUT2D eigenvalue weighted by Crippen LogP contribution is 2.45. The molecule has 1 fully saturated rings. The SMILES string of the molecule is CC1(C)C(C#N)=C(S[C@H](C(=O)N2CCOCC2)c2ccccc2)NC(=O)[C@H]1C#N. The first-order valence-corrected chi connectivity index (χ1v) is 10.2. The second-order valence-corrected chi connectivity index (χ2v) is 8.55. The van der Waals surface area contributed by atoms with Crippen molar-refractivity contribution in [3.05, 3.63) is 46.5 Å². The Bertz CT molecular complexity index is 908. The van der Waals surface area contributed by atoms with Crippen LogP contribution >= 0.6 is 11.8 Å². The number of carbonyl (C=O) groups excluding carboxylic acids is 2. The Kier molecular flexibility index (Phi) is 6.26. The number of morpholine rings is 1. The molecule has 0 saturated carbocycles. The zero-order chi connectivity index (χ0) is 21.0. The summed E-state index contributed by atoms with van der Waals surface area (Å²) in [6, 6.07) is 13.4. The fourth-order valence-electron chi connectivity index (χ4n) is 3.47. The predicted octanol–water partition coefficient (Wildman–Crippen LogP) is 2.35. The van der Waals surface area contributed by atoms with Crippen LogP contribution < -0.4 is 5.32 Å². The summed E-state index contributed by atoms with van der Waals surface area (Å²) >= 11 is 1.16. The lowest BCUT2D eigenvalue weighted by molar-refractivity contribution is -0.134. The van der Waals surface area contributed by atoms with Crippen molar-refractivity contribution in [1.29, 1.82) is 10.5 Å². The molecule has 7 nitrogen and oxygen atoms in total. The molecule has 2 heterocycles. The maximum absolute atomic E-state index is 13.3. The van der Waals surface area contributed by atoms with Gasteiger partial charge in [0, 0.05) is 18.5 Å². The van der Waals surface area contributed by atoms with Gasteiger partial charge in [0.1, 0.15) is 11.2 Å². The largest absolute Gasteiger partial charge is 0.378 e. The second kappa shape index (κ2) is 8.69. The van der Waals surface area contributed by atoms with Gasteiger partial charge in [0.2, 0.25) is 11.8 Å². The summed E-state index contributed by atoms with van der Waals surface area (Å²) in [6.07, 6.45) is 0. The monoisotopic (exact) mass is 410 g/mol. The Labute approximate surface area is 174 Å². The molecular weight excluding hydrogens is 388 g/mol. The zero-order valence-electron chi connectivity index (χ0n) is 16.3. The van der Waals surface area contributed by atoms with Crippen LogP contribution in [0.5, 0.6) is 0 Å². The fourth-order valence-corrected chi connectivity index (χ4v) is 4.84. The number of nitrogens with zero attached hydrogens (tertiary/aromatic N) is 3. The summed E-state index contributed by atoms with van der Waals surface area (Å²) < 4.78 is 5.34. The normalized spacial score (nSPS) is 22.3. The van der Waals surface area contributed by atoms with Crippen molar-refractivity contribution in [2.24, 2.45) is 11.3 Å². The lowest BCUT2D eigenvalue weighted by Crippen LogP contribution is -2.45. The summed E-state index contributed by atoms with van der Waals surface area (Å²) in [7, 11) is 0. The van der Waals surface area contributed by atoms with Crippen molar-refractivity contribution >= 4 is 23.6 Å². The van der Waals surface area contributed by atoms with E-state index < -0.39 is 22.5 Å². The van der Waals surface area contributed by atoms with Gasteiger partial charge < -0.3 is 15.0 Å². The van der Waals surface area contributed by atoms with Crippen molar-refractivity contribution in [3.63, 3.8) is 0 Å². The Balaban J connectivity index is 2.00. The lowest BCUT2D eigenvalue weighted by Gasteiger charge is -2.36. The third-order valence-corrected chi connectivity index (χ3v) is 6.47. The average molecular weight is 410 g/mol. The van der Waals surface area contributed by atoms with Gasteiger partial charge in [0.25, 0.3) is 0 Å². The van der Waals surface area contributed by atoms with Crippen LogP contribution in [0.4, 0.5) is 0 Å². The van der Waals surface area contributed by atoms with Gasteiger partial charge in [-0.15, -0.1) is 0 Å². The third-order valence-electron chi connectivity index (χ3n) is 5.22. The zero-order valence-corrected chi connectivity index (χ0v) is 17.2. The molecule has 2 aliphatic heterocycles. The first kappa shape index (κ1) is 20.9. The number of ether oxygens (including phenoxy) is 1. The van der Waals surface area contributed by atoms with Gasteiger partial charge in [-0.1, -0.05) is 55.9 Å². The van der Waals surface area contributed by atoms with Crippen LogP contribution in [0.25, 0.3) is 0 Å². The smallest absolute Gasteiger partial charge is 0.243 e. The molecular formula is C21H22N4O3S. The van der Waals surface area contributed by atoms with Gasteiger partial charge in [0.15, 0.2) is 0 Å². The van der Waals surface area contributed by atoms with Gasteiger partial charge in [-0.25, -0.2) is 0 Å². The summed E-state index contributed by atoms with van der Waals surface area (Å²) in [5, 5.41) is 21.6. The standard InChI is InChI=1S/C21H22N4O3S/c1-21(2)15(12-22)18(26)24-19(16(21)13-23)29-17(14-6-4-3-5-7-14)20(27)25-8-10-28-11-9-25/h3-7,15,17H,8-11H2,1-2H3,(H,24,26)/t15-,17+/m1/s1. The Hall–Kier alpha value is -2.81. The minimum absolute atomic E-state index is 0.0937. The quantitative estimate of drug-likeness (QED) is 0.817. The molecule has 0 radical (unpaired) electrons. The van der Waals surface area contributed by atoms with Crippen LogP contribution in [0.2, 0.25) is 0 Å². The van der Waals surface area contributed by atoms with E-state index in [2.05, 4.69) is 11.4 Å². The number of carbonyl (C=O) groups is 2. The van der Waals surface area contributed by atoms with Gasteiger partial charge in [-0.2, -0.15) is 10.5 Å². The Morgan fingerprint density at radius 1 is 1.28 bits per heavy atom. The Morgan fingerprint density at radius 2 is 1.93 bits per heavy atom. The molecule has 8 heteroatoms. The molecule has 2 amide bonds. The van der Waals surface area contributed by atoms with Gasteiger partial charge >= 0.3 is 0 Å². The molecule has 0 spiro atoms. The van der Waals surface area contributed by atoms with Crippen LogP contribution in [-0.2, 0) is 14.3 Å². The van der Waals surface area contributed by atoms with Gasteiger partial charge in [0.05, 0.1) is 36.0 Å². The van der Waals surface area contributed by atoms with E-state index in [1.807, 2.05) is 36.4 Å². The molecule has 0 aromatic heterocycles. The van der Waals surface area contributed by atoms with Crippen LogP contribution in [0.15, 0.2) is 40.9 Å². The molecule has 1 N–H and O–H groups in total. The summed E-state index contributed by atoms with van der Waals surface area (Å²) in [5.41, 5.74) is 0.148. The molecule has 3 rings (SSSR count). The molecule has 2 atom stereocenters. The van der Waals surface area contributed by atoms with Crippen LogP contribution in [0, 0.1) is 34.0 Å². The number of nitrogens with one attached hydrogen (secondary N) is 1. The molecule has 29 heavy (non-hydrogen) atoms. The van der Waals surface area contributed by atoms with E-state index in [0.717, 1.165) is 17.3 Å². The van der Waals surface area contributed by atoms with Crippen molar-refractivity contribution in [1.82, 2.24) is 10.2 Å². The van der Waals surface area contributed by atoms with E-state index in [1.165, 1.54) is 0 Å². The number of hydrogen-bond acceptors (Lipinski definition) is 6. The minimum atomic E-state index is -0.966. The number of benzene rings is 1. The van der Waals surface area contributed by atoms with E-state index in [9.17, 15) is 20.1 Å². The van der Waals surface area contributed by atoms with Crippen molar-refractivity contribution in [3.8, 4) is 12.1 Å². The van der Waals surface area contributed by atoms with Gasteiger partial charge in [-0.05, 0) is 5.56 Å². The maximum atomic E-state index is 13.3. The number of hydrogen-bond donors (Lipinski definition) is 1. The first-order valence-electron chi connectivity index (χ1n) is 9.33. The molecule has 1 aromatic carbocycles. The average Bonchev–Trinajstić information content (AvgIpc) is 2.72. The molecule has 0 aliphatic carbocycles. The number of thioether (sulfide) groups is 1. The summed E-state index contributed by atoms with van der Waals surface area (Å²) in [6.45, 7) is 5.39. The summed E-state index contributed by atoms with van der Waals surface area (Å²) in [4.78, 5) is 27.6. The van der Waals surface area contributed by atoms with Crippen LogP contribution in [0.3, 0.4) is 0 Å². The number of nitriles is 2. The highest BCUT2D eigenvalue weighted by Gasteiger charge is 2.45. The summed E-state index contributed by atoms with van der Waals surface area (Å²) in [5.74, 6) is -1.51. The maximum Gasteiger partial charge on any atom is 0.243 e. The molecule has 1 aromatic rings. The lowest BCUT2D eigenvalue weighted by atomic mass is 9.72. The second-order valence-electron chi connectivity index (χ2n) is 7.44. The highest BCUT2D eigenvalue weighted by atomic mass is 32.2. The molecule has 2 aliphatic rings. The van der Waals surface area contributed by atoms with Crippen LogP contribution in [-0.4, -0.2) is 43.0 Å². The van der Waals surface area contributed by atoms with E-state index in [-0.39, 0.29) is 5.91 Å². The highest BCUT2D eigenvalue weighted by molar-refractivity contribution is 8.03. The van der Waals surface area contributed by atoms with Crippen LogP contribution in [0.1, 0.15) is 24.7 Å². The van der Waals surface area contributed by atoms with Crippen molar-refractivity contribution < 1.29 is 14.3 Å². The third kappa shape index (κ3) is 4.14. The number of amides is 2. The minimum Gasteiger partial charge on any atom is -0.378 e. The number of rotatable bonds is 4. The fraction of sp³-hybridized carbons (Fsp3) is 0.429. The van der Waals surface area contributed by atoms with E-state index in [4.69, 9.17) is 4.74 Å².